The highest BCUT2D eigenvalue weighted by Gasteiger charge is 2.24. The van der Waals surface area contributed by atoms with E-state index in [1.165, 1.54) is 17.0 Å². The number of rotatable bonds is 6. The minimum Gasteiger partial charge on any atom is -0.396 e. The number of aliphatic hydroxyl groups is 1. The Morgan fingerprint density at radius 3 is 2.50 bits per heavy atom. The fourth-order valence-electron chi connectivity index (χ4n) is 2.72. The maximum atomic E-state index is 12.8. The first kappa shape index (κ1) is 17.6. The zero-order valence-corrected chi connectivity index (χ0v) is 13.7. The standard InChI is InChI=1S/C18H20N2O4/c1-13-10-15(12-16(11-13)20(23)24)18(22)19(2)17(8-9-21)14-6-4-3-5-7-14/h3-7,10-12,17,21H,8-9H2,1-2H3. The van der Waals surface area contributed by atoms with E-state index in [0.717, 1.165) is 5.56 Å². The van der Waals surface area contributed by atoms with E-state index < -0.39 is 4.92 Å². The number of amides is 1. The number of aliphatic hydroxyl groups excluding tert-OH is 1. The van der Waals surface area contributed by atoms with Crippen LogP contribution in [0.2, 0.25) is 0 Å². The number of hydrogen-bond acceptors (Lipinski definition) is 4. The smallest absolute Gasteiger partial charge is 0.270 e. The lowest BCUT2D eigenvalue weighted by Gasteiger charge is -2.28. The van der Waals surface area contributed by atoms with Gasteiger partial charge in [-0.05, 0) is 30.5 Å². The number of carbonyl (C=O) groups excluding carboxylic acids is 1. The summed E-state index contributed by atoms with van der Waals surface area (Å²) >= 11 is 0. The first-order chi connectivity index (χ1) is 11.4. The van der Waals surface area contributed by atoms with E-state index in [1.54, 1.807) is 20.0 Å². The van der Waals surface area contributed by atoms with Gasteiger partial charge in [-0.25, -0.2) is 0 Å². The zero-order chi connectivity index (χ0) is 17.7. The maximum absolute atomic E-state index is 12.8. The molecular formula is C18H20N2O4. The molecule has 0 aromatic heterocycles. The van der Waals surface area contributed by atoms with Gasteiger partial charge < -0.3 is 10.0 Å². The molecule has 6 nitrogen and oxygen atoms in total. The lowest BCUT2D eigenvalue weighted by Crippen LogP contribution is -2.32. The van der Waals surface area contributed by atoms with Crippen molar-refractivity contribution in [1.82, 2.24) is 4.90 Å². The third-order valence-corrected chi connectivity index (χ3v) is 3.89. The Morgan fingerprint density at radius 2 is 1.92 bits per heavy atom. The lowest BCUT2D eigenvalue weighted by atomic mass is 10.0. The molecule has 1 N–H and O–H groups in total. The summed E-state index contributed by atoms with van der Waals surface area (Å²) in [5.41, 5.74) is 1.72. The number of benzene rings is 2. The van der Waals surface area contributed by atoms with Gasteiger partial charge in [-0.3, -0.25) is 14.9 Å². The molecule has 2 aromatic carbocycles. The Balaban J connectivity index is 2.35. The van der Waals surface area contributed by atoms with Gasteiger partial charge in [-0.15, -0.1) is 0 Å². The van der Waals surface area contributed by atoms with Crippen molar-refractivity contribution < 1.29 is 14.8 Å². The Kier molecular flexibility index (Phi) is 5.65. The van der Waals surface area contributed by atoms with Crippen molar-refractivity contribution in [1.29, 1.82) is 0 Å². The first-order valence-electron chi connectivity index (χ1n) is 7.63. The molecule has 2 rings (SSSR count). The third kappa shape index (κ3) is 3.97. The van der Waals surface area contributed by atoms with Gasteiger partial charge in [0.15, 0.2) is 0 Å². The fraction of sp³-hybridized carbons (Fsp3) is 0.278. The van der Waals surface area contributed by atoms with Crippen molar-refractivity contribution in [2.45, 2.75) is 19.4 Å². The van der Waals surface area contributed by atoms with Crippen LogP contribution in [0.4, 0.5) is 5.69 Å². The predicted molar refractivity (Wildman–Crippen MR) is 90.8 cm³/mol. The molecule has 126 valence electrons. The Bertz CT molecular complexity index is 731. The molecule has 6 heteroatoms. The number of nitro benzene ring substituents is 1. The van der Waals surface area contributed by atoms with Crippen molar-refractivity contribution in [3.05, 3.63) is 75.3 Å². The van der Waals surface area contributed by atoms with Crippen LogP contribution in [0.5, 0.6) is 0 Å². The second kappa shape index (κ2) is 7.70. The van der Waals surface area contributed by atoms with Crippen molar-refractivity contribution >= 4 is 11.6 Å². The normalized spacial score (nSPS) is 11.8. The van der Waals surface area contributed by atoms with E-state index in [0.29, 0.717) is 12.0 Å². The van der Waals surface area contributed by atoms with Crippen LogP contribution in [0.15, 0.2) is 48.5 Å². The Labute approximate surface area is 140 Å². The average Bonchev–Trinajstić information content (AvgIpc) is 2.58. The second-order valence-electron chi connectivity index (χ2n) is 5.67. The van der Waals surface area contributed by atoms with Crippen molar-refractivity contribution in [3.8, 4) is 0 Å². The lowest BCUT2D eigenvalue weighted by molar-refractivity contribution is -0.384. The van der Waals surface area contributed by atoms with E-state index in [2.05, 4.69) is 0 Å². The minimum absolute atomic E-state index is 0.0643. The molecule has 0 aliphatic carbocycles. The fourth-order valence-corrected chi connectivity index (χ4v) is 2.72. The van der Waals surface area contributed by atoms with Gasteiger partial charge in [-0.1, -0.05) is 30.3 Å². The van der Waals surface area contributed by atoms with E-state index in [4.69, 9.17) is 0 Å². The van der Waals surface area contributed by atoms with Gasteiger partial charge in [0, 0.05) is 31.4 Å². The molecule has 0 aliphatic heterocycles. The summed E-state index contributed by atoms with van der Waals surface area (Å²) in [6.07, 6.45) is 0.389. The van der Waals surface area contributed by atoms with E-state index in [9.17, 15) is 20.0 Å². The summed E-state index contributed by atoms with van der Waals surface area (Å²) in [6.45, 7) is 1.65. The topological polar surface area (TPSA) is 83.7 Å². The van der Waals surface area contributed by atoms with E-state index in [-0.39, 0.29) is 29.8 Å². The zero-order valence-electron chi connectivity index (χ0n) is 13.7. The van der Waals surface area contributed by atoms with Crippen LogP contribution in [0.3, 0.4) is 0 Å². The van der Waals surface area contributed by atoms with Gasteiger partial charge >= 0.3 is 0 Å². The molecule has 2 aromatic rings. The highest BCUT2D eigenvalue weighted by atomic mass is 16.6. The molecule has 0 saturated heterocycles. The summed E-state index contributed by atoms with van der Waals surface area (Å²) in [5, 5.41) is 20.3. The molecule has 0 bridgehead atoms. The highest BCUT2D eigenvalue weighted by molar-refractivity contribution is 5.95. The van der Waals surface area contributed by atoms with Gasteiger partial charge in [0.25, 0.3) is 11.6 Å². The van der Waals surface area contributed by atoms with Crippen LogP contribution >= 0.6 is 0 Å². The van der Waals surface area contributed by atoms with Crippen LogP contribution in [0.1, 0.15) is 33.9 Å². The summed E-state index contributed by atoms with van der Waals surface area (Å²) in [4.78, 5) is 24.8. The second-order valence-corrected chi connectivity index (χ2v) is 5.67. The van der Waals surface area contributed by atoms with Crippen LogP contribution in [-0.4, -0.2) is 34.5 Å². The van der Waals surface area contributed by atoms with E-state index >= 15 is 0 Å². The van der Waals surface area contributed by atoms with Crippen molar-refractivity contribution in [3.63, 3.8) is 0 Å². The molecule has 1 unspecified atom stereocenters. The molecule has 0 spiro atoms. The molecule has 0 saturated carbocycles. The van der Waals surface area contributed by atoms with E-state index in [1.807, 2.05) is 30.3 Å². The molecule has 0 fully saturated rings. The summed E-state index contributed by atoms with van der Waals surface area (Å²) in [5.74, 6) is -0.316. The predicted octanol–water partition coefficient (Wildman–Crippen LogP) is 3.10. The molecule has 24 heavy (non-hydrogen) atoms. The first-order valence-corrected chi connectivity index (χ1v) is 7.63. The highest BCUT2D eigenvalue weighted by Crippen LogP contribution is 2.26. The molecule has 0 aliphatic rings. The monoisotopic (exact) mass is 328 g/mol. The maximum Gasteiger partial charge on any atom is 0.270 e. The number of hydrogen-bond donors (Lipinski definition) is 1. The number of nitrogens with zero attached hydrogens (tertiary/aromatic N) is 2. The van der Waals surface area contributed by atoms with Crippen LogP contribution < -0.4 is 0 Å². The quantitative estimate of drug-likeness (QED) is 0.652. The number of carbonyl (C=O) groups is 1. The SMILES string of the molecule is Cc1cc(C(=O)N(C)C(CCO)c2ccccc2)cc([N+](=O)[O-])c1. The Hall–Kier alpha value is -2.73. The minimum atomic E-state index is -0.508. The van der Waals surface area contributed by atoms with Crippen LogP contribution in [0, 0.1) is 17.0 Å². The number of nitro groups is 1. The summed E-state index contributed by atoms with van der Waals surface area (Å²) in [6, 6.07) is 13.4. The van der Waals surface area contributed by atoms with Gasteiger partial charge in [0.05, 0.1) is 11.0 Å². The van der Waals surface area contributed by atoms with Gasteiger partial charge in [0.2, 0.25) is 0 Å². The molecule has 0 radical (unpaired) electrons. The van der Waals surface area contributed by atoms with Crippen LogP contribution in [0.25, 0.3) is 0 Å². The molecule has 1 amide bonds. The molecule has 0 heterocycles. The molecular weight excluding hydrogens is 308 g/mol. The average molecular weight is 328 g/mol. The summed E-state index contributed by atoms with van der Waals surface area (Å²) < 4.78 is 0. The van der Waals surface area contributed by atoms with Crippen LogP contribution in [-0.2, 0) is 0 Å². The largest absolute Gasteiger partial charge is 0.396 e. The van der Waals surface area contributed by atoms with Crippen molar-refractivity contribution in [2.24, 2.45) is 0 Å². The number of non-ortho nitro benzene ring substituents is 1. The number of aryl methyl sites for hydroxylation is 1. The third-order valence-electron chi connectivity index (χ3n) is 3.89. The van der Waals surface area contributed by atoms with Crippen molar-refractivity contribution in [2.75, 3.05) is 13.7 Å². The summed E-state index contributed by atoms with van der Waals surface area (Å²) in [7, 11) is 1.64. The van der Waals surface area contributed by atoms with Gasteiger partial charge in [0.1, 0.15) is 0 Å². The molecule has 1 atom stereocenters. The Morgan fingerprint density at radius 1 is 1.25 bits per heavy atom. The van der Waals surface area contributed by atoms with Gasteiger partial charge in [-0.2, -0.15) is 0 Å².